The minimum atomic E-state index is -0.0903. The van der Waals surface area contributed by atoms with Crippen LogP contribution in [-0.4, -0.2) is 25.7 Å². The minimum Gasteiger partial charge on any atom is -0.466 e. The van der Waals surface area contributed by atoms with Gasteiger partial charge in [0.25, 0.3) is 0 Å². The molecule has 6 nitrogen and oxygen atoms in total. The normalized spacial score (nSPS) is 15.4. The largest absolute Gasteiger partial charge is 0.466 e. The Balaban J connectivity index is 1.64. The molecule has 1 unspecified atom stereocenters. The number of benzene rings is 2. The zero-order chi connectivity index (χ0) is 21.2. The van der Waals surface area contributed by atoms with Gasteiger partial charge in [-0.2, -0.15) is 0 Å². The Bertz CT molecular complexity index is 812. The van der Waals surface area contributed by atoms with Crippen molar-refractivity contribution in [3.63, 3.8) is 0 Å². The fourth-order valence-electron chi connectivity index (χ4n) is 3.79. The lowest BCUT2D eigenvalue weighted by Crippen LogP contribution is -2.43. The first kappa shape index (κ1) is 22.1. The van der Waals surface area contributed by atoms with E-state index in [1.807, 2.05) is 30.1 Å². The van der Waals surface area contributed by atoms with Gasteiger partial charge in [0.15, 0.2) is 5.75 Å². The zero-order valence-corrected chi connectivity index (χ0v) is 18.0. The monoisotopic (exact) mass is 411 g/mol. The number of ether oxygens (including phenoxy) is 1. The highest BCUT2D eigenvalue weighted by Gasteiger charge is 2.25. The van der Waals surface area contributed by atoms with Gasteiger partial charge < -0.3 is 14.9 Å². The first-order chi connectivity index (χ1) is 14.7. The summed E-state index contributed by atoms with van der Waals surface area (Å²) < 4.78 is 4.98. The molecule has 30 heavy (non-hydrogen) atoms. The SMILES string of the molecule is CCOC(=O)CCCCCCNC1c2ccccc2ONN(CC)c2ccccc21. The molecule has 6 heteroatoms. The van der Waals surface area contributed by atoms with Gasteiger partial charge in [-0.25, -0.2) is 0 Å². The third-order valence-electron chi connectivity index (χ3n) is 5.31. The van der Waals surface area contributed by atoms with Crippen LogP contribution >= 0.6 is 0 Å². The van der Waals surface area contributed by atoms with Crippen LogP contribution in [0, 0.1) is 0 Å². The number of anilines is 1. The lowest BCUT2D eigenvalue weighted by Gasteiger charge is -2.33. The van der Waals surface area contributed by atoms with Crippen molar-refractivity contribution < 1.29 is 14.4 Å². The number of carbonyl (C=O) groups excluding carboxylic acids is 1. The van der Waals surface area contributed by atoms with E-state index >= 15 is 0 Å². The van der Waals surface area contributed by atoms with Gasteiger partial charge in [-0.15, -0.1) is 0 Å². The lowest BCUT2D eigenvalue weighted by atomic mass is 9.95. The van der Waals surface area contributed by atoms with Crippen LogP contribution in [0.15, 0.2) is 48.5 Å². The second-order valence-electron chi connectivity index (χ2n) is 7.39. The molecule has 0 saturated heterocycles. The number of esters is 1. The molecular formula is C24H33N3O3. The van der Waals surface area contributed by atoms with Crippen LogP contribution in [-0.2, 0) is 9.53 Å². The molecule has 3 rings (SSSR count). The summed E-state index contributed by atoms with van der Waals surface area (Å²) in [6, 6.07) is 16.6. The summed E-state index contributed by atoms with van der Waals surface area (Å²) in [5, 5.41) is 5.76. The lowest BCUT2D eigenvalue weighted by molar-refractivity contribution is -0.143. The van der Waals surface area contributed by atoms with Crippen LogP contribution in [0.25, 0.3) is 0 Å². The van der Waals surface area contributed by atoms with Crippen molar-refractivity contribution in [2.45, 2.75) is 52.0 Å². The Morgan fingerprint density at radius 3 is 2.57 bits per heavy atom. The van der Waals surface area contributed by atoms with Gasteiger partial charge in [0.2, 0.25) is 0 Å². The highest BCUT2D eigenvalue weighted by molar-refractivity contribution is 5.69. The van der Waals surface area contributed by atoms with E-state index in [4.69, 9.17) is 9.57 Å². The van der Waals surface area contributed by atoms with E-state index in [0.29, 0.717) is 13.0 Å². The molecule has 0 spiro atoms. The molecule has 0 bridgehead atoms. The summed E-state index contributed by atoms with van der Waals surface area (Å²) in [6.07, 6.45) is 4.58. The van der Waals surface area contributed by atoms with Crippen molar-refractivity contribution in [2.75, 3.05) is 24.7 Å². The summed E-state index contributed by atoms with van der Waals surface area (Å²) in [5.74, 6) is 0.741. The number of nitrogens with zero attached hydrogens (tertiary/aromatic N) is 1. The molecule has 0 radical (unpaired) electrons. The Kier molecular flexibility index (Phi) is 8.53. The van der Waals surface area contributed by atoms with Crippen molar-refractivity contribution in [1.82, 2.24) is 10.9 Å². The van der Waals surface area contributed by atoms with Crippen LogP contribution in [0.3, 0.4) is 0 Å². The number of fused-ring (bicyclic) bond motifs is 2. The van der Waals surface area contributed by atoms with Gasteiger partial charge in [-0.3, -0.25) is 9.80 Å². The Morgan fingerprint density at radius 2 is 1.77 bits per heavy atom. The molecule has 0 aliphatic carbocycles. The molecule has 162 valence electrons. The summed E-state index contributed by atoms with van der Waals surface area (Å²) in [6.45, 7) is 6.08. The molecule has 2 aromatic carbocycles. The average Bonchev–Trinajstić information content (AvgIpc) is 2.76. The average molecular weight is 412 g/mol. The van der Waals surface area contributed by atoms with Gasteiger partial charge in [-0.1, -0.05) is 54.8 Å². The molecule has 1 heterocycles. The number of hydrazine groups is 1. The molecular weight excluding hydrogens is 378 g/mol. The van der Waals surface area contributed by atoms with E-state index in [0.717, 1.165) is 55.8 Å². The second kappa shape index (κ2) is 11.6. The van der Waals surface area contributed by atoms with Crippen LogP contribution < -0.4 is 20.8 Å². The molecule has 0 saturated carbocycles. The fraction of sp³-hybridized carbons (Fsp3) is 0.458. The maximum atomic E-state index is 11.4. The first-order valence-electron chi connectivity index (χ1n) is 11.0. The van der Waals surface area contributed by atoms with Crippen molar-refractivity contribution in [3.8, 4) is 5.75 Å². The quantitative estimate of drug-likeness (QED) is 0.443. The molecule has 2 N–H and O–H groups in total. The Labute approximate surface area is 179 Å². The first-order valence-corrected chi connectivity index (χ1v) is 11.0. The standard InChI is InChI=1S/C24H33N3O3/c1-3-27-21-15-10-8-13-19(21)24(20-14-9-11-16-22(20)30-26-27)25-18-12-6-5-7-17-23(28)29-4-2/h8-11,13-16,24-26H,3-7,12,17-18H2,1-2H3. The molecule has 0 amide bonds. The van der Waals surface area contributed by atoms with E-state index in [2.05, 4.69) is 48.2 Å². The predicted octanol–water partition coefficient (Wildman–Crippen LogP) is 4.52. The third kappa shape index (κ3) is 5.74. The number of unbranched alkanes of at least 4 members (excludes halogenated alkanes) is 3. The van der Waals surface area contributed by atoms with Crippen molar-refractivity contribution in [3.05, 3.63) is 59.7 Å². The number of hydrogen-bond donors (Lipinski definition) is 2. The maximum Gasteiger partial charge on any atom is 0.305 e. The summed E-state index contributed by atoms with van der Waals surface area (Å²) >= 11 is 0. The fourth-order valence-corrected chi connectivity index (χ4v) is 3.79. The number of para-hydroxylation sites is 2. The van der Waals surface area contributed by atoms with Crippen LogP contribution in [0.4, 0.5) is 5.69 Å². The number of nitrogens with one attached hydrogen (secondary N) is 2. The summed E-state index contributed by atoms with van der Waals surface area (Å²) in [4.78, 5) is 17.3. The van der Waals surface area contributed by atoms with E-state index < -0.39 is 0 Å². The third-order valence-corrected chi connectivity index (χ3v) is 5.31. The topological polar surface area (TPSA) is 62.8 Å². The van der Waals surface area contributed by atoms with E-state index in [1.165, 1.54) is 5.56 Å². The molecule has 1 aliphatic rings. The zero-order valence-electron chi connectivity index (χ0n) is 18.0. The van der Waals surface area contributed by atoms with Gasteiger partial charge >= 0.3 is 5.97 Å². The smallest absolute Gasteiger partial charge is 0.305 e. The maximum absolute atomic E-state index is 11.4. The highest BCUT2D eigenvalue weighted by Crippen LogP contribution is 2.36. The summed E-state index contributed by atoms with van der Waals surface area (Å²) in [7, 11) is 0. The Hall–Kier alpha value is -2.57. The minimum absolute atomic E-state index is 0.0491. The highest BCUT2D eigenvalue weighted by atomic mass is 16.7. The number of rotatable bonds is 10. The molecule has 1 aliphatic heterocycles. The van der Waals surface area contributed by atoms with E-state index in [-0.39, 0.29) is 12.0 Å². The molecule has 0 fully saturated rings. The van der Waals surface area contributed by atoms with Gasteiger partial charge in [0, 0.05) is 18.5 Å². The van der Waals surface area contributed by atoms with Gasteiger partial charge in [0.05, 0.1) is 18.3 Å². The van der Waals surface area contributed by atoms with Crippen molar-refractivity contribution >= 4 is 11.7 Å². The van der Waals surface area contributed by atoms with E-state index in [9.17, 15) is 4.79 Å². The van der Waals surface area contributed by atoms with Crippen LogP contribution in [0.5, 0.6) is 5.75 Å². The Morgan fingerprint density at radius 1 is 1.03 bits per heavy atom. The van der Waals surface area contributed by atoms with Crippen LogP contribution in [0.1, 0.15) is 63.1 Å². The summed E-state index contributed by atoms with van der Waals surface area (Å²) in [5.41, 5.74) is 6.54. The van der Waals surface area contributed by atoms with Crippen molar-refractivity contribution in [2.24, 2.45) is 0 Å². The van der Waals surface area contributed by atoms with Gasteiger partial charge in [-0.05, 0) is 50.9 Å². The van der Waals surface area contributed by atoms with Crippen molar-refractivity contribution in [1.29, 1.82) is 0 Å². The number of hydrogen-bond acceptors (Lipinski definition) is 6. The molecule has 0 aromatic heterocycles. The van der Waals surface area contributed by atoms with E-state index in [1.54, 1.807) is 0 Å². The second-order valence-corrected chi connectivity index (χ2v) is 7.39. The van der Waals surface area contributed by atoms with Crippen LogP contribution in [0.2, 0.25) is 0 Å². The number of carbonyl (C=O) groups is 1. The van der Waals surface area contributed by atoms with Gasteiger partial charge in [0.1, 0.15) is 0 Å². The molecule has 2 aromatic rings. The predicted molar refractivity (Wildman–Crippen MR) is 119 cm³/mol. The molecule has 1 atom stereocenters.